The van der Waals surface area contributed by atoms with Crippen LogP contribution in [0.1, 0.15) is 43.6 Å². The molecule has 22 heavy (non-hydrogen) atoms. The van der Waals surface area contributed by atoms with Crippen LogP contribution in [0.4, 0.5) is 0 Å². The predicted molar refractivity (Wildman–Crippen MR) is 84.5 cm³/mol. The Kier molecular flexibility index (Phi) is 3.16. The molecule has 3 heterocycles. The maximum Gasteiger partial charge on any atom is 0.154 e. The van der Waals surface area contributed by atoms with Crippen LogP contribution in [0.5, 0.6) is 0 Å². The number of aliphatic hydroxyl groups excluding tert-OH is 1. The molecule has 1 aliphatic carbocycles. The summed E-state index contributed by atoms with van der Waals surface area (Å²) in [5.41, 5.74) is 9.63. The number of aliphatic hydroxyl groups is 1. The van der Waals surface area contributed by atoms with E-state index in [4.69, 9.17) is 10.7 Å². The van der Waals surface area contributed by atoms with Gasteiger partial charge in [-0.05, 0) is 24.8 Å². The molecule has 0 unspecified atom stereocenters. The van der Waals surface area contributed by atoms with Crippen LogP contribution in [0.2, 0.25) is 0 Å². The Morgan fingerprint density at radius 1 is 1.41 bits per heavy atom. The van der Waals surface area contributed by atoms with E-state index in [0.717, 1.165) is 41.8 Å². The van der Waals surface area contributed by atoms with Gasteiger partial charge >= 0.3 is 0 Å². The van der Waals surface area contributed by atoms with Gasteiger partial charge in [-0.15, -0.1) is 0 Å². The third-order valence-electron chi connectivity index (χ3n) is 5.01. The van der Waals surface area contributed by atoms with Crippen molar-refractivity contribution in [2.24, 2.45) is 11.7 Å². The minimum atomic E-state index is -0.0727. The van der Waals surface area contributed by atoms with Crippen LogP contribution in [-0.4, -0.2) is 30.5 Å². The first-order chi connectivity index (χ1) is 10.7. The number of rotatable bonds is 3. The third kappa shape index (κ3) is 1.87. The number of nitrogens with one attached hydrogen (secondary N) is 1. The fourth-order valence-electron chi connectivity index (χ4n) is 3.95. The fraction of sp³-hybridized carbons (Fsp3) is 0.500. The van der Waals surface area contributed by atoms with E-state index >= 15 is 0 Å². The first kappa shape index (κ1) is 13.7. The van der Waals surface area contributed by atoms with E-state index in [1.165, 1.54) is 0 Å². The predicted octanol–water partition coefficient (Wildman–Crippen LogP) is 1.93. The molecule has 0 bridgehead atoms. The van der Waals surface area contributed by atoms with Crippen LogP contribution in [0, 0.1) is 5.92 Å². The lowest BCUT2D eigenvalue weighted by Crippen LogP contribution is -2.15. The molecule has 4 rings (SSSR count). The Balaban J connectivity index is 1.98. The summed E-state index contributed by atoms with van der Waals surface area (Å²) in [5, 5.41) is 9.65. The summed E-state index contributed by atoms with van der Waals surface area (Å²) in [6.45, 7) is 2.14. The van der Waals surface area contributed by atoms with Gasteiger partial charge in [0.05, 0.1) is 29.5 Å². The topological polar surface area (TPSA) is 92.2 Å². The van der Waals surface area contributed by atoms with Crippen molar-refractivity contribution < 1.29 is 5.11 Å². The molecule has 116 valence electrons. The van der Waals surface area contributed by atoms with Crippen molar-refractivity contribution >= 4 is 16.7 Å². The lowest BCUT2D eigenvalue weighted by molar-refractivity contribution is 0.278. The Hall–Kier alpha value is -1.92. The van der Waals surface area contributed by atoms with Gasteiger partial charge in [0.15, 0.2) is 5.65 Å². The summed E-state index contributed by atoms with van der Waals surface area (Å²) in [5.74, 6) is 1.91. The minimum absolute atomic E-state index is 0.0727. The molecular formula is C16H21N5O. The van der Waals surface area contributed by atoms with E-state index in [-0.39, 0.29) is 12.6 Å². The van der Waals surface area contributed by atoms with E-state index in [0.29, 0.717) is 17.5 Å². The average Bonchev–Trinajstić information content (AvgIpc) is 3.21. The second kappa shape index (κ2) is 5.07. The van der Waals surface area contributed by atoms with Gasteiger partial charge in [0.25, 0.3) is 0 Å². The van der Waals surface area contributed by atoms with E-state index < -0.39 is 0 Å². The molecule has 0 aromatic carbocycles. The molecule has 6 nitrogen and oxygen atoms in total. The molecular weight excluding hydrogens is 278 g/mol. The second-order valence-electron chi connectivity index (χ2n) is 6.27. The molecule has 3 aromatic rings. The zero-order chi connectivity index (χ0) is 15.3. The van der Waals surface area contributed by atoms with Crippen LogP contribution < -0.4 is 5.73 Å². The molecule has 0 amide bonds. The molecule has 6 heteroatoms. The number of nitrogens with zero attached hydrogens (tertiary/aromatic N) is 3. The largest absolute Gasteiger partial charge is 0.390 e. The number of hydrogen-bond donors (Lipinski definition) is 3. The van der Waals surface area contributed by atoms with E-state index in [1.807, 2.05) is 12.3 Å². The Labute approximate surface area is 128 Å². The summed E-state index contributed by atoms with van der Waals surface area (Å²) in [6, 6.07) is 2.25. The van der Waals surface area contributed by atoms with Crippen LogP contribution in [-0.2, 0) is 6.61 Å². The zero-order valence-corrected chi connectivity index (χ0v) is 12.7. The molecule has 4 N–H and O–H groups in total. The second-order valence-corrected chi connectivity index (χ2v) is 6.27. The number of nitrogens with two attached hydrogens (primary N) is 1. The molecule has 0 saturated heterocycles. The van der Waals surface area contributed by atoms with Gasteiger partial charge < -0.3 is 15.8 Å². The highest BCUT2D eigenvalue weighted by molar-refractivity contribution is 5.76. The maximum atomic E-state index is 9.65. The molecule has 0 aliphatic heterocycles. The van der Waals surface area contributed by atoms with Gasteiger partial charge in [-0.25, -0.2) is 9.97 Å². The first-order valence-electron chi connectivity index (χ1n) is 7.92. The maximum absolute atomic E-state index is 9.65. The molecule has 3 atom stereocenters. The summed E-state index contributed by atoms with van der Waals surface area (Å²) in [7, 11) is 0. The van der Waals surface area contributed by atoms with E-state index in [9.17, 15) is 5.11 Å². The van der Waals surface area contributed by atoms with Gasteiger partial charge in [-0.3, -0.25) is 4.40 Å². The quantitative estimate of drug-likeness (QED) is 0.689. The number of aromatic amines is 1. The highest BCUT2D eigenvalue weighted by Gasteiger charge is 2.35. The smallest absolute Gasteiger partial charge is 0.154 e. The normalized spacial score (nSPS) is 25.5. The van der Waals surface area contributed by atoms with Crippen molar-refractivity contribution in [2.45, 2.75) is 44.8 Å². The van der Waals surface area contributed by atoms with Gasteiger partial charge in [-0.1, -0.05) is 13.3 Å². The number of aromatic nitrogens is 4. The van der Waals surface area contributed by atoms with Crippen molar-refractivity contribution in [1.29, 1.82) is 0 Å². The van der Waals surface area contributed by atoms with Gasteiger partial charge in [0.1, 0.15) is 5.82 Å². The van der Waals surface area contributed by atoms with Crippen molar-refractivity contribution in [3.8, 4) is 0 Å². The summed E-state index contributed by atoms with van der Waals surface area (Å²) < 4.78 is 2.15. The van der Waals surface area contributed by atoms with E-state index in [1.54, 1.807) is 6.20 Å². The van der Waals surface area contributed by atoms with Crippen LogP contribution in [0.15, 0.2) is 18.5 Å². The Morgan fingerprint density at radius 3 is 3.05 bits per heavy atom. The average molecular weight is 299 g/mol. The van der Waals surface area contributed by atoms with Gasteiger partial charge in [0, 0.05) is 18.2 Å². The Bertz CT molecular complexity index is 821. The fourth-order valence-corrected chi connectivity index (χ4v) is 3.95. The lowest BCUT2D eigenvalue weighted by Gasteiger charge is -2.16. The summed E-state index contributed by atoms with van der Waals surface area (Å²) in [4.78, 5) is 12.3. The number of imidazole rings is 1. The van der Waals surface area contributed by atoms with Gasteiger partial charge in [0.2, 0.25) is 0 Å². The van der Waals surface area contributed by atoms with Crippen LogP contribution in [0.3, 0.4) is 0 Å². The van der Waals surface area contributed by atoms with Crippen molar-refractivity contribution in [3.63, 3.8) is 0 Å². The first-order valence-corrected chi connectivity index (χ1v) is 7.92. The van der Waals surface area contributed by atoms with E-state index in [2.05, 4.69) is 21.3 Å². The summed E-state index contributed by atoms with van der Waals surface area (Å²) >= 11 is 0. The number of fused-ring (bicyclic) bond motifs is 3. The lowest BCUT2D eigenvalue weighted by atomic mass is 9.93. The van der Waals surface area contributed by atoms with Crippen molar-refractivity contribution in [3.05, 3.63) is 30.0 Å². The SMILES string of the molecule is CC[C@@H]1C[C@H](N)C[C@@H]1c1nc(CO)c2cnc3[nH]ccc3n12. The van der Waals surface area contributed by atoms with Crippen LogP contribution in [0.25, 0.3) is 16.7 Å². The number of hydrogen-bond acceptors (Lipinski definition) is 4. The monoisotopic (exact) mass is 299 g/mol. The molecule has 1 aliphatic rings. The minimum Gasteiger partial charge on any atom is -0.390 e. The zero-order valence-electron chi connectivity index (χ0n) is 12.7. The molecule has 0 radical (unpaired) electrons. The highest BCUT2D eigenvalue weighted by Crippen LogP contribution is 2.41. The molecule has 3 aromatic heterocycles. The van der Waals surface area contributed by atoms with Crippen LogP contribution >= 0.6 is 0 Å². The third-order valence-corrected chi connectivity index (χ3v) is 5.01. The molecule has 1 saturated carbocycles. The Morgan fingerprint density at radius 2 is 2.27 bits per heavy atom. The van der Waals surface area contributed by atoms with Crippen molar-refractivity contribution in [2.75, 3.05) is 0 Å². The van der Waals surface area contributed by atoms with Crippen molar-refractivity contribution in [1.82, 2.24) is 19.4 Å². The molecule has 0 spiro atoms. The molecule has 1 fully saturated rings. The summed E-state index contributed by atoms with van der Waals surface area (Å²) in [6.07, 6.45) is 6.78. The standard InChI is InChI=1S/C16H21N5O/c1-2-9-5-10(17)6-11(9)16-20-12(8-22)14-7-19-15-13(21(14)16)3-4-18-15/h3-4,7,9-11,18,22H,2,5-6,8,17H2,1H3/t9-,10+,11+/m1/s1. The number of H-pyrrole nitrogens is 1. The van der Waals surface area contributed by atoms with Gasteiger partial charge in [-0.2, -0.15) is 0 Å². The highest BCUT2D eigenvalue weighted by atomic mass is 16.3.